The maximum atomic E-state index is 12.7. The minimum Gasteiger partial charge on any atom is -0.326 e. The van der Waals surface area contributed by atoms with Crippen molar-refractivity contribution >= 4 is 28.7 Å². The molecular weight excluding hydrogens is 560 g/mol. The highest BCUT2D eigenvalue weighted by Gasteiger charge is 2.21. The van der Waals surface area contributed by atoms with E-state index in [1.165, 1.54) is 47.9 Å². The summed E-state index contributed by atoms with van der Waals surface area (Å²) in [7, 11) is 0. The summed E-state index contributed by atoms with van der Waals surface area (Å²) in [5.74, 6) is 0.0534. The summed E-state index contributed by atoms with van der Waals surface area (Å²) in [6.45, 7) is 6.59. The average Bonchev–Trinajstić information content (AvgIpc) is 3.10. The predicted octanol–water partition coefficient (Wildman–Crippen LogP) is 12.3. The van der Waals surface area contributed by atoms with Gasteiger partial charge in [0.1, 0.15) is 0 Å². The van der Waals surface area contributed by atoms with Crippen molar-refractivity contribution in [2.45, 2.75) is 78.6 Å². The summed E-state index contributed by atoms with van der Waals surface area (Å²) < 4.78 is 0. The second kappa shape index (κ2) is 16.6. The molecule has 5 rings (SSSR count). The third kappa shape index (κ3) is 8.34. The number of benzene rings is 5. The van der Waals surface area contributed by atoms with Crippen LogP contribution in [0.4, 0.5) is 22.7 Å². The number of rotatable bonds is 15. The molecule has 3 nitrogen and oxygen atoms in total. The second-order valence-electron chi connectivity index (χ2n) is 12.2. The van der Waals surface area contributed by atoms with Gasteiger partial charge in [0.15, 0.2) is 0 Å². The van der Waals surface area contributed by atoms with E-state index in [9.17, 15) is 4.79 Å². The molecule has 0 radical (unpaired) electrons. The molecule has 236 valence electrons. The van der Waals surface area contributed by atoms with Gasteiger partial charge in [0.25, 0.3) is 0 Å². The second-order valence-corrected chi connectivity index (χ2v) is 12.2. The Kier molecular flexibility index (Phi) is 11.8. The van der Waals surface area contributed by atoms with Gasteiger partial charge in [0.2, 0.25) is 5.91 Å². The minimum absolute atomic E-state index is 0.0534. The molecule has 0 aromatic heterocycles. The summed E-state index contributed by atoms with van der Waals surface area (Å²) in [5, 5.41) is 3.15. The van der Waals surface area contributed by atoms with Crippen LogP contribution in [0.25, 0.3) is 22.3 Å². The number of hydrogen-bond donors (Lipinski definition) is 1. The van der Waals surface area contributed by atoms with Gasteiger partial charge >= 0.3 is 0 Å². The Morgan fingerprint density at radius 3 is 1.57 bits per heavy atom. The minimum atomic E-state index is 0.0534. The van der Waals surface area contributed by atoms with E-state index >= 15 is 0 Å². The van der Waals surface area contributed by atoms with Gasteiger partial charge in [-0.2, -0.15) is 0 Å². The number of carbonyl (C=O) groups excluding carboxylic acids is 1. The molecular formula is C43H48N2O. The van der Waals surface area contributed by atoms with E-state index in [1.807, 2.05) is 12.1 Å². The number of carbonyl (C=O) groups is 1. The van der Waals surface area contributed by atoms with Crippen molar-refractivity contribution < 1.29 is 4.79 Å². The predicted molar refractivity (Wildman–Crippen MR) is 197 cm³/mol. The van der Waals surface area contributed by atoms with Crippen LogP contribution in [0.3, 0.4) is 0 Å². The van der Waals surface area contributed by atoms with Crippen LogP contribution in [0.15, 0.2) is 121 Å². The standard InChI is InChI=1S/C43H48N2O/c1-4-7-15-33-24-28-35(29-25-33)39-19-10-12-21-41(39)45(38-18-14-17-37(32-38)44-43(46)23-9-6-3)42-22-13-11-20-40(42)36-30-26-34(27-31-36)16-8-5-2/h10-14,17-22,24-32H,4-9,15-16,23H2,1-3H3,(H,44,46). The van der Waals surface area contributed by atoms with Crippen LogP contribution >= 0.6 is 0 Å². The number of unbranched alkanes of at least 4 members (excludes halogenated alkanes) is 3. The van der Waals surface area contributed by atoms with E-state index in [4.69, 9.17) is 0 Å². The van der Waals surface area contributed by atoms with E-state index in [1.54, 1.807) is 0 Å². The molecule has 46 heavy (non-hydrogen) atoms. The first-order valence-corrected chi connectivity index (χ1v) is 17.2. The van der Waals surface area contributed by atoms with Crippen molar-refractivity contribution in [1.82, 2.24) is 0 Å². The van der Waals surface area contributed by atoms with Crippen LogP contribution in [-0.4, -0.2) is 5.91 Å². The van der Waals surface area contributed by atoms with Crippen molar-refractivity contribution in [3.05, 3.63) is 132 Å². The molecule has 0 aliphatic rings. The number of anilines is 4. The van der Waals surface area contributed by atoms with Gasteiger partial charge in [-0.15, -0.1) is 0 Å². The molecule has 1 N–H and O–H groups in total. The van der Waals surface area contributed by atoms with Crippen molar-refractivity contribution in [2.75, 3.05) is 10.2 Å². The Balaban J connectivity index is 1.63. The van der Waals surface area contributed by atoms with Crippen molar-refractivity contribution in [2.24, 2.45) is 0 Å². The molecule has 0 saturated carbocycles. The highest BCUT2D eigenvalue weighted by molar-refractivity contribution is 5.95. The van der Waals surface area contributed by atoms with E-state index in [-0.39, 0.29) is 5.91 Å². The summed E-state index contributed by atoms with van der Waals surface area (Å²) in [4.78, 5) is 15.1. The summed E-state index contributed by atoms with van der Waals surface area (Å²) in [6, 6.07) is 43.7. The van der Waals surface area contributed by atoms with Crippen LogP contribution in [0.2, 0.25) is 0 Å². The normalized spacial score (nSPS) is 10.9. The fourth-order valence-electron chi connectivity index (χ4n) is 5.98. The van der Waals surface area contributed by atoms with Crippen LogP contribution < -0.4 is 10.2 Å². The Morgan fingerprint density at radius 2 is 1.07 bits per heavy atom. The smallest absolute Gasteiger partial charge is 0.224 e. The maximum Gasteiger partial charge on any atom is 0.224 e. The van der Waals surface area contributed by atoms with Gasteiger partial charge < -0.3 is 10.2 Å². The molecule has 0 fully saturated rings. The Labute approximate surface area is 276 Å². The fourth-order valence-corrected chi connectivity index (χ4v) is 5.98. The third-order valence-electron chi connectivity index (χ3n) is 8.60. The zero-order chi connectivity index (χ0) is 32.1. The zero-order valence-electron chi connectivity index (χ0n) is 27.8. The lowest BCUT2D eigenvalue weighted by Crippen LogP contribution is -2.14. The van der Waals surface area contributed by atoms with Crippen molar-refractivity contribution in [3.63, 3.8) is 0 Å². The number of hydrogen-bond acceptors (Lipinski definition) is 2. The van der Waals surface area contributed by atoms with Gasteiger partial charge in [-0.3, -0.25) is 4.79 Å². The quantitative estimate of drug-likeness (QED) is 0.128. The molecule has 0 heterocycles. The van der Waals surface area contributed by atoms with Gasteiger partial charge in [-0.25, -0.2) is 0 Å². The van der Waals surface area contributed by atoms with Crippen LogP contribution in [-0.2, 0) is 17.6 Å². The van der Waals surface area contributed by atoms with E-state index in [0.29, 0.717) is 6.42 Å². The highest BCUT2D eigenvalue weighted by atomic mass is 16.1. The Hall–Kier alpha value is -4.63. The monoisotopic (exact) mass is 608 g/mol. The van der Waals surface area contributed by atoms with Gasteiger partial charge in [-0.1, -0.05) is 131 Å². The molecule has 0 spiro atoms. The van der Waals surface area contributed by atoms with Gasteiger partial charge in [-0.05, 0) is 84.7 Å². The lowest BCUT2D eigenvalue weighted by molar-refractivity contribution is -0.116. The molecule has 0 atom stereocenters. The van der Waals surface area contributed by atoms with Crippen LogP contribution in [0, 0.1) is 0 Å². The molecule has 0 saturated heterocycles. The first-order chi connectivity index (χ1) is 22.6. The zero-order valence-corrected chi connectivity index (χ0v) is 27.8. The number of amides is 1. The van der Waals surface area contributed by atoms with E-state index < -0.39 is 0 Å². The first-order valence-electron chi connectivity index (χ1n) is 17.2. The topological polar surface area (TPSA) is 32.3 Å². The first kappa shape index (κ1) is 32.8. The Bertz CT molecular complexity index is 1590. The van der Waals surface area contributed by atoms with Crippen LogP contribution in [0.5, 0.6) is 0 Å². The summed E-state index contributed by atoms with van der Waals surface area (Å²) >= 11 is 0. The molecule has 0 aliphatic heterocycles. The molecule has 0 bridgehead atoms. The van der Waals surface area contributed by atoms with E-state index in [2.05, 4.69) is 140 Å². The van der Waals surface area contributed by atoms with Crippen molar-refractivity contribution in [1.29, 1.82) is 0 Å². The lowest BCUT2D eigenvalue weighted by atomic mass is 9.97. The number of para-hydroxylation sites is 2. The SMILES string of the molecule is CCCCC(=O)Nc1cccc(N(c2ccccc2-c2ccc(CCCC)cc2)c2ccccc2-c2ccc(CCCC)cc2)c1. The van der Waals surface area contributed by atoms with Gasteiger partial charge in [0.05, 0.1) is 11.4 Å². The number of nitrogens with zero attached hydrogens (tertiary/aromatic N) is 1. The molecule has 3 heteroatoms. The van der Waals surface area contributed by atoms with Crippen molar-refractivity contribution in [3.8, 4) is 22.3 Å². The maximum absolute atomic E-state index is 12.7. The largest absolute Gasteiger partial charge is 0.326 e. The third-order valence-corrected chi connectivity index (χ3v) is 8.60. The number of nitrogens with one attached hydrogen (secondary N) is 1. The van der Waals surface area contributed by atoms with Gasteiger partial charge in [0, 0.05) is 28.9 Å². The highest BCUT2D eigenvalue weighted by Crippen LogP contribution is 2.45. The summed E-state index contributed by atoms with van der Waals surface area (Å²) in [6.07, 6.45) is 9.39. The molecule has 0 aliphatic carbocycles. The fraction of sp³-hybridized carbons (Fsp3) is 0.279. The average molecular weight is 609 g/mol. The Morgan fingerprint density at radius 1 is 0.565 bits per heavy atom. The molecule has 5 aromatic rings. The summed E-state index contributed by atoms with van der Waals surface area (Å²) in [5.41, 5.74) is 11.4. The molecule has 1 amide bonds. The van der Waals surface area contributed by atoms with E-state index in [0.717, 1.165) is 59.6 Å². The lowest BCUT2D eigenvalue weighted by Gasteiger charge is -2.30. The molecule has 5 aromatic carbocycles. The number of aryl methyl sites for hydroxylation is 2. The molecule has 0 unspecified atom stereocenters. The van der Waals surface area contributed by atoms with Crippen LogP contribution in [0.1, 0.15) is 76.8 Å².